The molecule has 0 aliphatic carbocycles. The summed E-state index contributed by atoms with van der Waals surface area (Å²) in [6.45, 7) is 4.17. The van der Waals surface area contributed by atoms with E-state index < -0.39 is 0 Å². The lowest BCUT2D eigenvalue weighted by Gasteiger charge is -1.91. The molecule has 1 nitrogen and oxygen atoms in total. The average molecular weight is 105 g/mol. The molecule has 0 aromatic rings. The summed E-state index contributed by atoms with van der Waals surface area (Å²) >= 11 is 3.99. The van der Waals surface area contributed by atoms with Crippen molar-refractivity contribution in [1.29, 1.82) is 0 Å². The van der Waals surface area contributed by atoms with Crippen LogP contribution in [0.15, 0.2) is 0 Å². The molecule has 0 fully saturated rings. The molecule has 0 bridgehead atoms. The van der Waals surface area contributed by atoms with Crippen LogP contribution in [0.1, 0.15) is 6.92 Å². The summed E-state index contributed by atoms with van der Waals surface area (Å²) in [6, 6.07) is 0. The average Bonchev–Trinajstić information content (AvgIpc) is 1.61. The third-order valence-electron chi connectivity index (χ3n) is 0.539. The summed E-state index contributed by atoms with van der Waals surface area (Å²) in [4.78, 5) is 0. The molecule has 38 valence electrons. The van der Waals surface area contributed by atoms with Gasteiger partial charge >= 0.3 is 0 Å². The summed E-state index contributed by atoms with van der Waals surface area (Å²) in [6.07, 6.45) is 0. The predicted molar refractivity (Wildman–Crippen MR) is 32.4 cm³/mol. The van der Waals surface area contributed by atoms with E-state index in [0.717, 1.165) is 18.8 Å². The van der Waals surface area contributed by atoms with Gasteiger partial charge in [-0.3, -0.25) is 0 Å². The van der Waals surface area contributed by atoms with E-state index in [1.165, 1.54) is 0 Å². The van der Waals surface area contributed by atoms with Crippen LogP contribution >= 0.6 is 12.6 Å². The van der Waals surface area contributed by atoms with Gasteiger partial charge in [0.1, 0.15) is 0 Å². The van der Waals surface area contributed by atoms with Crippen LogP contribution in [0.2, 0.25) is 0 Å². The second kappa shape index (κ2) is 5.31. The Bertz CT molecular complexity index is 19.5. The van der Waals surface area contributed by atoms with Gasteiger partial charge in [-0.2, -0.15) is 12.6 Å². The fourth-order valence-corrected chi connectivity index (χ4v) is 0.414. The molecule has 0 unspecified atom stereocenters. The standard InChI is InChI=1S/C4H11NS/c1-2-5-3-4-6/h5-6H,2-4H2,1H3. The van der Waals surface area contributed by atoms with Crippen molar-refractivity contribution in [2.24, 2.45) is 0 Å². The molecule has 0 heterocycles. The van der Waals surface area contributed by atoms with Crippen molar-refractivity contribution in [2.45, 2.75) is 6.92 Å². The van der Waals surface area contributed by atoms with Crippen LogP contribution in [0.25, 0.3) is 0 Å². The summed E-state index contributed by atoms with van der Waals surface area (Å²) in [5.74, 6) is 0.938. The zero-order chi connectivity index (χ0) is 4.83. The van der Waals surface area contributed by atoms with Crippen LogP contribution in [0, 0.1) is 0 Å². The van der Waals surface area contributed by atoms with Crippen molar-refractivity contribution in [3.63, 3.8) is 0 Å². The third kappa shape index (κ3) is 4.31. The van der Waals surface area contributed by atoms with Gasteiger partial charge in [0, 0.05) is 12.3 Å². The first kappa shape index (κ1) is 6.31. The number of hydrogen-bond donors (Lipinski definition) is 2. The molecule has 0 radical (unpaired) electrons. The molecule has 0 saturated heterocycles. The van der Waals surface area contributed by atoms with E-state index in [-0.39, 0.29) is 0 Å². The molecule has 0 aliphatic heterocycles. The van der Waals surface area contributed by atoms with Gasteiger partial charge in [-0.15, -0.1) is 0 Å². The minimum atomic E-state index is 0.938. The van der Waals surface area contributed by atoms with Gasteiger partial charge in [0.25, 0.3) is 0 Å². The Morgan fingerprint density at radius 1 is 1.67 bits per heavy atom. The lowest BCUT2D eigenvalue weighted by atomic mass is 10.7. The topological polar surface area (TPSA) is 12.0 Å². The molecule has 0 aliphatic rings. The SMILES string of the molecule is CCNCCS. The van der Waals surface area contributed by atoms with Gasteiger partial charge in [0.2, 0.25) is 0 Å². The van der Waals surface area contributed by atoms with Crippen LogP contribution in [0.4, 0.5) is 0 Å². The smallest absolute Gasteiger partial charge is 0.00396 e. The Kier molecular flexibility index (Phi) is 5.58. The number of hydrogen-bond acceptors (Lipinski definition) is 2. The first-order chi connectivity index (χ1) is 2.91. The molecule has 1 N–H and O–H groups in total. The zero-order valence-corrected chi connectivity index (χ0v) is 4.96. The van der Waals surface area contributed by atoms with Crippen molar-refractivity contribution in [1.82, 2.24) is 5.32 Å². The van der Waals surface area contributed by atoms with E-state index in [4.69, 9.17) is 0 Å². The first-order valence-corrected chi connectivity index (χ1v) is 2.86. The third-order valence-corrected chi connectivity index (χ3v) is 0.762. The highest BCUT2D eigenvalue weighted by atomic mass is 32.1. The van der Waals surface area contributed by atoms with E-state index in [2.05, 4.69) is 24.9 Å². The van der Waals surface area contributed by atoms with E-state index in [1.807, 2.05) is 0 Å². The van der Waals surface area contributed by atoms with Gasteiger partial charge < -0.3 is 5.32 Å². The Morgan fingerprint density at radius 2 is 2.33 bits per heavy atom. The van der Waals surface area contributed by atoms with Gasteiger partial charge in [0.05, 0.1) is 0 Å². The summed E-state index contributed by atoms with van der Waals surface area (Å²) in [5.41, 5.74) is 0. The highest BCUT2D eigenvalue weighted by Gasteiger charge is 1.71. The van der Waals surface area contributed by atoms with E-state index in [9.17, 15) is 0 Å². The van der Waals surface area contributed by atoms with Crippen LogP contribution < -0.4 is 5.32 Å². The zero-order valence-electron chi connectivity index (χ0n) is 4.07. The quantitative estimate of drug-likeness (QED) is 0.394. The Labute approximate surface area is 44.5 Å². The van der Waals surface area contributed by atoms with Crippen LogP contribution in [-0.4, -0.2) is 18.8 Å². The van der Waals surface area contributed by atoms with Crippen molar-refractivity contribution in [3.8, 4) is 0 Å². The van der Waals surface area contributed by atoms with Crippen LogP contribution in [0.3, 0.4) is 0 Å². The minimum Gasteiger partial charge on any atom is -0.316 e. The Morgan fingerprint density at radius 3 is 2.50 bits per heavy atom. The predicted octanol–water partition coefficient (Wildman–Crippen LogP) is 0.526. The van der Waals surface area contributed by atoms with Crippen molar-refractivity contribution in [3.05, 3.63) is 0 Å². The van der Waals surface area contributed by atoms with Crippen LogP contribution in [0.5, 0.6) is 0 Å². The lowest BCUT2D eigenvalue weighted by Crippen LogP contribution is -2.14. The molecular formula is C4H11NS. The van der Waals surface area contributed by atoms with Crippen LogP contribution in [-0.2, 0) is 0 Å². The molecule has 0 atom stereocenters. The molecule has 0 aromatic carbocycles. The molecular weight excluding hydrogens is 94.1 g/mol. The van der Waals surface area contributed by atoms with Gasteiger partial charge in [-0.1, -0.05) is 6.92 Å². The molecule has 0 saturated carbocycles. The van der Waals surface area contributed by atoms with Crippen molar-refractivity contribution >= 4 is 12.6 Å². The largest absolute Gasteiger partial charge is 0.316 e. The minimum absolute atomic E-state index is 0.938. The monoisotopic (exact) mass is 105 g/mol. The highest BCUT2D eigenvalue weighted by Crippen LogP contribution is 1.65. The van der Waals surface area contributed by atoms with E-state index >= 15 is 0 Å². The molecule has 6 heavy (non-hydrogen) atoms. The fourth-order valence-electron chi connectivity index (χ4n) is 0.256. The highest BCUT2D eigenvalue weighted by molar-refractivity contribution is 7.80. The first-order valence-electron chi connectivity index (χ1n) is 2.23. The molecule has 0 rings (SSSR count). The van der Waals surface area contributed by atoms with Gasteiger partial charge in [-0.05, 0) is 6.54 Å². The van der Waals surface area contributed by atoms with E-state index in [1.54, 1.807) is 0 Å². The molecule has 0 aromatic heterocycles. The number of thiol groups is 1. The van der Waals surface area contributed by atoms with Gasteiger partial charge in [0.15, 0.2) is 0 Å². The maximum atomic E-state index is 3.99. The van der Waals surface area contributed by atoms with E-state index in [0.29, 0.717) is 0 Å². The Hall–Kier alpha value is 0.310. The maximum Gasteiger partial charge on any atom is 0.00396 e. The van der Waals surface area contributed by atoms with Gasteiger partial charge in [-0.25, -0.2) is 0 Å². The second-order valence-electron chi connectivity index (χ2n) is 1.08. The normalized spacial score (nSPS) is 9.00. The Balaban J connectivity index is 2.34. The van der Waals surface area contributed by atoms with Crippen molar-refractivity contribution < 1.29 is 0 Å². The van der Waals surface area contributed by atoms with Crippen molar-refractivity contribution in [2.75, 3.05) is 18.8 Å². The summed E-state index contributed by atoms with van der Waals surface area (Å²) < 4.78 is 0. The fraction of sp³-hybridized carbons (Fsp3) is 1.00. The molecule has 0 amide bonds. The lowest BCUT2D eigenvalue weighted by molar-refractivity contribution is 0.769. The molecule has 0 spiro atoms. The summed E-state index contributed by atoms with van der Waals surface area (Å²) in [7, 11) is 0. The number of rotatable bonds is 3. The maximum absolute atomic E-state index is 3.99. The number of nitrogens with one attached hydrogen (secondary N) is 1. The molecule has 2 heteroatoms. The summed E-state index contributed by atoms with van der Waals surface area (Å²) in [5, 5.41) is 3.12. The second-order valence-corrected chi connectivity index (χ2v) is 1.52.